The molecule has 2 amide bonds. The van der Waals surface area contributed by atoms with Gasteiger partial charge in [0.2, 0.25) is 0 Å². The van der Waals surface area contributed by atoms with E-state index in [1.165, 1.54) is 12.5 Å². The number of nitrogens with two attached hydrogens (primary N) is 1. The fourth-order valence-electron chi connectivity index (χ4n) is 1.66. The molecule has 9 heteroatoms. The fraction of sp³-hybridized carbons (Fsp3) is 0.333. The summed E-state index contributed by atoms with van der Waals surface area (Å²) in [7, 11) is 0. The highest BCUT2D eigenvalue weighted by Crippen LogP contribution is 2.06. The molecule has 0 aliphatic rings. The number of hydrogen-bond donors (Lipinski definition) is 2. The van der Waals surface area contributed by atoms with E-state index in [9.17, 15) is 9.59 Å². The molecular weight excluding hydrogens is 276 g/mol. The Kier molecular flexibility index (Phi) is 4.54. The minimum absolute atomic E-state index is 0.00999. The van der Waals surface area contributed by atoms with Crippen molar-refractivity contribution >= 4 is 11.8 Å². The van der Waals surface area contributed by atoms with Gasteiger partial charge in [0.1, 0.15) is 6.33 Å². The van der Waals surface area contributed by atoms with E-state index in [4.69, 9.17) is 5.73 Å². The second-order valence-electron chi connectivity index (χ2n) is 4.20. The van der Waals surface area contributed by atoms with Crippen molar-refractivity contribution in [1.82, 2.24) is 25.4 Å². The second-order valence-corrected chi connectivity index (χ2v) is 4.20. The average Bonchev–Trinajstić information content (AvgIpc) is 2.95. The van der Waals surface area contributed by atoms with Crippen molar-refractivity contribution in [3.05, 3.63) is 35.5 Å². The molecule has 0 aromatic carbocycles. The first-order valence-corrected chi connectivity index (χ1v) is 6.31. The monoisotopic (exact) mass is 290 g/mol. The number of aromatic nitrogens is 4. The molecule has 2 aromatic heterocycles. The molecule has 0 saturated heterocycles. The van der Waals surface area contributed by atoms with Gasteiger partial charge in [0.05, 0.1) is 17.8 Å². The first kappa shape index (κ1) is 14.6. The molecule has 0 saturated carbocycles. The third-order valence-electron chi connectivity index (χ3n) is 2.61. The van der Waals surface area contributed by atoms with E-state index in [0.29, 0.717) is 17.7 Å². The van der Waals surface area contributed by atoms with E-state index < -0.39 is 5.91 Å². The largest absolute Gasteiger partial charge is 0.361 e. The van der Waals surface area contributed by atoms with E-state index in [1.54, 1.807) is 0 Å². The summed E-state index contributed by atoms with van der Waals surface area (Å²) in [6, 6.07) is 0. The van der Waals surface area contributed by atoms with Crippen LogP contribution in [0.3, 0.4) is 0 Å². The molecule has 0 radical (unpaired) electrons. The summed E-state index contributed by atoms with van der Waals surface area (Å²) in [5.74, 6) is -1.30. The van der Waals surface area contributed by atoms with E-state index in [1.807, 2.05) is 6.92 Å². The Morgan fingerprint density at radius 1 is 1.43 bits per heavy atom. The van der Waals surface area contributed by atoms with E-state index in [-0.39, 0.29) is 24.2 Å². The molecule has 3 N–H and O–H groups in total. The smallest absolute Gasteiger partial charge is 0.315 e. The summed E-state index contributed by atoms with van der Waals surface area (Å²) in [6.07, 6.45) is 4.40. The van der Waals surface area contributed by atoms with Crippen molar-refractivity contribution in [3.8, 4) is 0 Å². The van der Waals surface area contributed by atoms with Crippen LogP contribution >= 0.6 is 0 Å². The standard InChI is InChI=1S/C12H14N6O3/c1-2-3-8-7(4-14-6-16-8)11(20)15-5-9-17-12(10(13)19)21-18-9/h4,6H,2-3,5H2,1H3,(H2,13,19)(H,15,20). The number of carbonyl (C=O) groups excluding carboxylic acids is 2. The first-order valence-electron chi connectivity index (χ1n) is 6.31. The number of nitrogens with zero attached hydrogens (tertiary/aromatic N) is 4. The van der Waals surface area contributed by atoms with Gasteiger partial charge in [-0.05, 0) is 6.42 Å². The zero-order valence-electron chi connectivity index (χ0n) is 11.4. The number of aryl methyl sites for hydroxylation is 1. The van der Waals surface area contributed by atoms with Crippen LogP contribution in [0.2, 0.25) is 0 Å². The third kappa shape index (κ3) is 3.59. The molecule has 0 spiro atoms. The van der Waals surface area contributed by atoms with Crippen LogP contribution in [-0.4, -0.2) is 31.9 Å². The summed E-state index contributed by atoms with van der Waals surface area (Å²) in [5.41, 5.74) is 6.07. The van der Waals surface area contributed by atoms with Gasteiger partial charge in [0.25, 0.3) is 5.91 Å². The third-order valence-corrected chi connectivity index (χ3v) is 2.61. The molecule has 0 aliphatic heterocycles. The molecule has 9 nitrogen and oxygen atoms in total. The number of nitrogens with one attached hydrogen (secondary N) is 1. The molecule has 2 rings (SSSR count). The lowest BCUT2D eigenvalue weighted by Gasteiger charge is -2.06. The summed E-state index contributed by atoms with van der Waals surface area (Å²) >= 11 is 0. The van der Waals surface area contributed by atoms with E-state index in [0.717, 1.165) is 6.42 Å². The molecule has 2 heterocycles. The molecule has 0 bridgehead atoms. The maximum absolute atomic E-state index is 12.1. The highest BCUT2D eigenvalue weighted by molar-refractivity contribution is 5.94. The van der Waals surface area contributed by atoms with E-state index >= 15 is 0 Å². The van der Waals surface area contributed by atoms with Gasteiger partial charge in [0, 0.05) is 6.20 Å². The van der Waals surface area contributed by atoms with Gasteiger partial charge in [-0.1, -0.05) is 18.5 Å². The molecule has 110 valence electrons. The molecule has 0 unspecified atom stereocenters. The fourth-order valence-corrected chi connectivity index (χ4v) is 1.66. The second kappa shape index (κ2) is 6.55. The minimum Gasteiger partial charge on any atom is -0.361 e. The zero-order valence-corrected chi connectivity index (χ0v) is 11.4. The zero-order chi connectivity index (χ0) is 15.2. The van der Waals surface area contributed by atoms with Gasteiger partial charge < -0.3 is 15.6 Å². The number of amides is 2. The highest BCUT2D eigenvalue weighted by Gasteiger charge is 2.15. The molecule has 0 aliphatic carbocycles. The van der Waals surface area contributed by atoms with Crippen LogP contribution < -0.4 is 11.1 Å². The average molecular weight is 290 g/mol. The number of carbonyl (C=O) groups is 2. The van der Waals surface area contributed by atoms with Gasteiger partial charge in [-0.15, -0.1) is 0 Å². The SMILES string of the molecule is CCCc1ncncc1C(=O)NCc1noc(C(N)=O)n1. The van der Waals surface area contributed by atoms with Crippen molar-refractivity contribution in [1.29, 1.82) is 0 Å². The number of hydrogen-bond acceptors (Lipinski definition) is 7. The Balaban J connectivity index is 2.02. The van der Waals surface area contributed by atoms with Crippen LogP contribution in [0.25, 0.3) is 0 Å². The van der Waals surface area contributed by atoms with Crippen molar-refractivity contribution in [2.75, 3.05) is 0 Å². The Morgan fingerprint density at radius 3 is 2.90 bits per heavy atom. The van der Waals surface area contributed by atoms with Crippen LogP contribution in [0.5, 0.6) is 0 Å². The minimum atomic E-state index is -0.818. The lowest BCUT2D eigenvalue weighted by Crippen LogP contribution is -2.25. The van der Waals surface area contributed by atoms with Crippen molar-refractivity contribution in [2.24, 2.45) is 5.73 Å². The van der Waals surface area contributed by atoms with Crippen molar-refractivity contribution in [2.45, 2.75) is 26.3 Å². The Hall–Kier alpha value is -2.84. The Bertz CT molecular complexity index is 654. The Labute approximate surface area is 120 Å². The van der Waals surface area contributed by atoms with Gasteiger partial charge in [-0.2, -0.15) is 4.98 Å². The molecular formula is C12H14N6O3. The molecule has 2 aromatic rings. The highest BCUT2D eigenvalue weighted by atomic mass is 16.5. The van der Waals surface area contributed by atoms with Crippen LogP contribution in [0.15, 0.2) is 17.0 Å². The molecule has 21 heavy (non-hydrogen) atoms. The van der Waals surface area contributed by atoms with E-state index in [2.05, 4.69) is 29.9 Å². The quantitative estimate of drug-likeness (QED) is 0.754. The predicted octanol–water partition coefficient (Wildman–Crippen LogP) is -0.159. The number of rotatable bonds is 6. The van der Waals surface area contributed by atoms with Crippen molar-refractivity contribution < 1.29 is 14.1 Å². The normalized spacial score (nSPS) is 10.3. The topological polar surface area (TPSA) is 137 Å². The summed E-state index contributed by atoms with van der Waals surface area (Å²) < 4.78 is 4.61. The van der Waals surface area contributed by atoms with Crippen LogP contribution in [-0.2, 0) is 13.0 Å². The maximum Gasteiger partial charge on any atom is 0.315 e. The maximum atomic E-state index is 12.1. The Morgan fingerprint density at radius 2 is 2.24 bits per heavy atom. The summed E-state index contributed by atoms with van der Waals surface area (Å²) in [5, 5.41) is 6.14. The first-order chi connectivity index (χ1) is 10.1. The van der Waals surface area contributed by atoms with Crippen LogP contribution in [0.1, 0.15) is 45.9 Å². The van der Waals surface area contributed by atoms with Crippen LogP contribution in [0, 0.1) is 0 Å². The lowest BCUT2D eigenvalue weighted by atomic mass is 10.1. The molecule has 0 atom stereocenters. The lowest BCUT2D eigenvalue weighted by molar-refractivity contribution is 0.0942. The predicted molar refractivity (Wildman–Crippen MR) is 70.0 cm³/mol. The van der Waals surface area contributed by atoms with Crippen molar-refractivity contribution in [3.63, 3.8) is 0 Å². The summed E-state index contributed by atoms with van der Waals surface area (Å²) in [4.78, 5) is 34.6. The van der Waals surface area contributed by atoms with Gasteiger partial charge in [0.15, 0.2) is 5.82 Å². The van der Waals surface area contributed by atoms with Gasteiger partial charge in [-0.3, -0.25) is 9.59 Å². The summed E-state index contributed by atoms with van der Waals surface area (Å²) in [6.45, 7) is 2.00. The number of primary amides is 1. The molecule has 0 fully saturated rings. The van der Waals surface area contributed by atoms with Crippen LogP contribution in [0.4, 0.5) is 0 Å². The van der Waals surface area contributed by atoms with Gasteiger partial charge in [-0.25, -0.2) is 9.97 Å². The van der Waals surface area contributed by atoms with Gasteiger partial charge >= 0.3 is 11.8 Å².